The van der Waals surface area contributed by atoms with Crippen LogP contribution in [0.15, 0.2) is 48.5 Å². The maximum atomic E-state index is 13.7. The highest BCUT2D eigenvalue weighted by Gasteiger charge is 2.25. The summed E-state index contributed by atoms with van der Waals surface area (Å²) in [5, 5.41) is 10.0. The summed E-state index contributed by atoms with van der Waals surface area (Å²) in [6, 6.07) is 12.9. The SMILES string of the molecule is COc1ccc(-c2c(NC(=O)C(c3cccc(F)c3)N(C)C)n[nH]c2C)cc1. The number of ether oxygens (including phenoxy) is 1. The smallest absolute Gasteiger partial charge is 0.247 e. The number of hydrogen-bond donors (Lipinski definition) is 2. The molecule has 1 atom stereocenters. The monoisotopic (exact) mass is 382 g/mol. The summed E-state index contributed by atoms with van der Waals surface area (Å²) in [6.07, 6.45) is 0. The van der Waals surface area contributed by atoms with Gasteiger partial charge in [-0.1, -0.05) is 24.3 Å². The Balaban J connectivity index is 1.91. The first kappa shape index (κ1) is 19.6. The number of methoxy groups -OCH3 is 1. The summed E-state index contributed by atoms with van der Waals surface area (Å²) in [4.78, 5) is 14.7. The number of aryl methyl sites for hydroxylation is 1. The quantitative estimate of drug-likeness (QED) is 0.681. The Kier molecular flexibility index (Phi) is 5.75. The van der Waals surface area contributed by atoms with Gasteiger partial charge >= 0.3 is 0 Å². The van der Waals surface area contributed by atoms with Crippen LogP contribution < -0.4 is 10.1 Å². The molecule has 146 valence electrons. The van der Waals surface area contributed by atoms with Crippen LogP contribution in [-0.2, 0) is 4.79 Å². The second-order valence-corrected chi connectivity index (χ2v) is 6.71. The fourth-order valence-corrected chi connectivity index (χ4v) is 3.18. The lowest BCUT2D eigenvalue weighted by molar-refractivity contribution is -0.120. The second-order valence-electron chi connectivity index (χ2n) is 6.71. The van der Waals surface area contributed by atoms with Crippen molar-refractivity contribution in [3.8, 4) is 16.9 Å². The molecule has 1 unspecified atom stereocenters. The van der Waals surface area contributed by atoms with E-state index in [-0.39, 0.29) is 11.7 Å². The molecule has 28 heavy (non-hydrogen) atoms. The summed E-state index contributed by atoms with van der Waals surface area (Å²) in [6.45, 7) is 1.89. The third-order valence-corrected chi connectivity index (χ3v) is 4.50. The van der Waals surface area contributed by atoms with Gasteiger partial charge in [0, 0.05) is 11.3 Å². The summed E-state index contributed by atoms with van der Waals surface area (Å²) in [5.41, 5.74) is 3.09. The lowest BCUT2D eigenvalue weighted by atomic mass is 10.0. The van der Waals surface area contributed by atoms with Gasteiger partial charge in [-0.05, 0) is 56.4 Å². The molecule has 0 saturated carbocycles. The van der Waals surface area contributed by atoms with Crippen LogP contribution in [0.3, 0.4) is 0 Å². The number of carbonyl (C=O) groups is 1. The average molecular weight is 382 g/mol. The van der Waals surface area contributed by atoms with E-state index in [1.807, 2.05) is 31.2 Å². The fourth-order valence-electron chi connectivity index (χ4n) is 3.18. The summed E-state index contributed by atoms with van der Waals surface area (Å²) >= 11 is 0. The van der Waals surface area contributed by atoms with Gasteiger partial charge < -0.3 is 10.1 Å². The van der Waals surface area contributed by atoms with Crippen molar-refractivity contribution in [2.75, 3.05) is 26.5 Å². The van der Waals surface area contributed by atoms with Crippen molar-refractivity contribution in [1.29, 1.82) is 0 Å². The fraction of sp³-hybridized carbons (Fsp3) is 0.238. The lowest BCUT2D eigenvalue weighted by Crippen LogP contribution is -2.32. The van der Waals surface area contributed by atoms with E-state index in [4.69, 9.17) is 4.74 Å². The topological polar surface area (TPSA) is 70.2 Å². The zero-order valence-corrected chi connectivity index (χ0v) is 16.3. The molecule has 7 heteroatoms. The van der Waals surface area contributed by atoms with Crippen molar-refractivity contribution in [3.63, 3.8) is 0 Å². The maximum absolute atomic E-state index is 13.7. The molecule has 1 aromatic heterocycles. The van der Waals surface area contributed by atoms with Crippen LogP contribution in [0.2, 0.25) is 0 Å². The summed E-state index contributed by atoms with van der Waals surface area (Å²) < 4.78 is 18.9. The van der Waals surface area contributed by atoms with Crippen LogP contribution in [0, 0.1) is 12.7 Å². The predicted octanol–water partition coefficient (Wildman–Crippen LogP) is 3.77. The van der Waals surface area contributed by atoms with E-state index in [1.54, 1.807) is 38.2 Å². The van der Waals surface area contributed by atoms with Gasteiger partial charge in [-0.3, -0.25) is 14.8 Å². The Morgan fingerprint density at radius 3 is 2.54 bits per heavy atom. The van der Waals surface area contributed by atoms with E-state index in [1.165, 1.54) is 12.1 Å². The van der Waals surface area contributed by atoms with Gasteiger partial charge in [-0.15, -0.1) is 0 Å². The molecule has 3 aromatic rings. The zero-order chi connectivity index (χ0) is 20.3. The number of hydrogen-bond acceptors (Lipinski definition) is 4. The Morgan fingerprint density at radius 1 is 1.21 bits per heavy atom. The highest BCUT2D eigenvalue weighted by Crippen LogP contribution is 2.31. The number of likely N-dealkylation sites (N-methyl/N-ethyl adjacent to an activating group) is 1. The van der Waals surface area contributed by atoms with Crippen molar-refractivity contribution >= 4 is 11.7 Å². The number of halogens is 1. The van der Waals surface area contributed by atoms with Crippen LogP contribution in [0.5, 0.6) is 5.75 Å². The second kappa shape index (κ2) is 8.22. The highest BCUT2D eigenvalue weighted by molar-refractivity contribution is 5.98. The first-order chi connectivity index (χ1) is 13.4. The number of benzene rings is 2. The minimum Gasteiger partial charge on any atom is -0.497 e. The summed E-state index contributed by atoms with van der Waals surface area (Å²) in [7, 11) is 5.15. The molecular weight excluding hydrogens is 359 g/mol. The van der Waals surface area contributed by atoms with Gasteiger partial charge in [0.15, 0.2) is 5.82 Å². The summed E-state index contributed by atoms with van der Waals surface area (Å²) in [5.74, 6) is 0.494. The maximum Gasteiger partial charge on any atom is 0.247 e. The van der Waals surface area contributed by atoms with Crippen molar-refractivity contribution in [3.05, 3.63) is 65.6 Å². The van der Waals surface area contributed by atoms with E-state index in [0.717, 1.165) is 22.6 Å². The third-order valence-electron chi connectivity index (χ3n) is 4.50. The molecule has 0 bridgehead atoms. The minimum absolute atomic E-state index is 0.295. The van der Waals surface area contributed by atoms with Gasteiger partial charge in [-0.2, -0.15) is 5.10 Å². The van der Waals surface area contributed by atoms with Gasteiger partial charge in [0.2, 0.25) is 5.91 Å². The molecule has 3 rings (SSSR count). The first-order valence-electron chi connectivity index (χ1n) is 8.83. The molecule has 0 aliphatic rings. The molecule has 0 radical (unpaired) electrons. The standard InChI is InChI=1S/C21H23FN4O2/c1-13-18(14-8-10-17(28-4)11-9-14)20(25-24-13)23-21(27)19(26(2)3)15-6-5-7-16(22)12-15/h5-12,19H,1-4H3,(H2,23,24,25,27). The first-order valence-corrected chi connectivity index (χ1v) is 8.83. The number of amides is 1. The van der Waals surface area contributed by atoms with Gasteiger partial charge in [0.05, 0.1) is 7.11 Å². The molecule has 6 nitrogen and oxygen atoms in total. The Bertz CT molecular complexity index is 967. The van der Waals surface area contributed by atoms with Gasteiger partial charge in [-0.25, -0.2) is 4.39 Å². The van der Waals surface area contributed by atoms with Gasteiger partial charge in [0.25, 0.3) is 0 Å². The number of aromatic amines is 1. The molecule has 0 spiro atoms. The van der Waals surface area contributed by atoms with Crippen LogP contribution in [-0.4, -0.2) is 42.2 Å². The predicted molar refractivity (Wildman–Crippen MR) is 107 cm³/mol. The van der Waals surface area contributed by atoms with Crippen molar-refractivity contribution in [2.45, 2.75) is 13.0 Å². The molecular formula is C21H23FN4O2. The Morgan fingerprint density at radius 2 is 1.93 bits per heavy atom. The van der Waals surface area contributed by atoms with Crippen molar-refractivity contribution < 1.29 is 13.9 Å². The van der Waals surface area contributed by atoms with Crippen LogP contribution in [0.1, 0.15) is 17.3 Å². The van der Waals surface area contributed by atoms with E-state index < -0.39 is 6.04 Å². The van der Waals surface area contributed by atoms with Gasteiger partial charge in [0.1, 0.15) is 17.6 Å². The Labute approximate surface area is 163 Å². The van der Waals surface area contributed by atoms with Crippen molar-refractivity contribution in [1.82, 2.24) is 15.1 Å². The molecule has 0 aliphatic heterocycles. The number of carbonyl (C=O) groups excluding carboxylic acids is 1. The minimum atomic E-state index is -0.656. The van der Waals surface area contributed by atoms with E-state index in [2.05, 4.69) is 15.5 Å². The molecule has 0 fully saturated rings. The van der Waals surface area contributed by atoms with Crippen molar-refractivity contribution in [2.24, 2.45) is 0 Å². The molecule has 0 saturated heterocycles. The largest absolute Gasteiger partial charge is 0.497 e. The van der Waals surface area contributed by atoms with E-state index in [0.29, 0.717) is 11.4 Å². The number of aromatic nitrogens is 2. The molecule has 1 heterocycles. The van der Waals surface area contributed by atoms with Crippen LogP contribution >= 0.6 is 0 Å². The van der Waals surface area contributed by atoms with Crippen LogP contribution in [0.4, 0.5) is 10.2 Å². The number of anilines is 1. The third kappa shape index (κ3) is 4.04. The lowest BCUT2D eigenvalue weighted by Gasteiger charge is -2.23. The highest BCUT2D eigenvalue weighted by atomic mass is 19.1. The van der Waals surface area contributed by atoms with E-state index >= 15 is 0 Å². The number of rotatable bonds is 6. The molecule has 0 aliphatic carbocycles. The molecule has 2 N–H and O–H groups in total. The number of nitrogens with one attached hydrogen (secondary N) is 2. The Hall–Kier alpha value is -3.19. The zero-order valence-electron chi connectivity index (χ0n) is 16.3. The molecule has 1 amide bonds. The number of nitrogens with zero attached hydrogens (tertiary/aromatic N) is 2. The number of H-pyrrole nitrogens is 1. The normalized spacial score (nSPS) is 12.1. The van der Waals surface area contributed by atoms with E-state index in [9.17, 15) is 9.18 Å². The molecule has 2 aromatic carbocycles. The average Bonchev–Trinajstić information content (AvgIpc) is 3.02. The van der Waals surface area contributed by atoms with Crippen LogP contribution in [0.25, 0.3) is 11.1 Å².